The number of aromatic nitrogens is 2. The normalized spacial score (nSPS) is 10.5. The molecule has 0 saturated carbocycles. The molecule has 0 amide bonds. The average molecular weight is 309 g/mol. The molecule has 20 heavy (non-hydrogen) atoms. The molecule has 0 fully saturated rings. The lowest BCUT2D eigenvalue weighted by atomic mass is 10.2. The fraction of sp³-hybridized carbons (Fsp3) is 0.214. The van der Waals surface area contributed by atoms with Crippen LogP contribution < -0.4 is 5.56 Å². The fourth-order valence-corrected chi connectivity index (χ4v) is 2.95. The monoisotopic (exact) mass is 308 g/mol. The summed E-state index contributed by atoms with van der Waals surface area (Å²) < 4.78 is 0. The van der Waals surface area contributed by atoms with E-state index in [-0.39, 0.29) is 5.56 Å². The minimum Gasteiger partial charge on any atom is -0.301 e. The number of hydrogen-bond acceptors (Lipinski definition) is 4. The number of nitrogens with zero attached hydrogens (tertiary/aromatic N) is 1. The number of aryl methyl sites for hydroxylation is 1. The van der Waals surface area contributed by atoms with Gasteiger partial charge >= 0.3 is 0 Å². The molecule has 0 saturated heterocycles. The number of aldehydes is 1. The van der Waals surface area contributed by atoms with Gasteiger partial charge < -0.3 is 4.98 Å². The summed E-state index contributed by atoms with van der Waals surface area (Å²) in [5, 5.41) is 0.850. The van der Waals surface area contributed by atoms with Gasteiger partial charge in [0, 0.05) is 22.2 Å². The minimum atomic E-state index is -0.194. The number of hydrogen-bond donors (Lipinski definition) is 1. The van der Waals surface area contributed by atoms with E-state index in [2.05, 4.69) is 9.97 Å². The van der Waals surface area contributed by atoms with E-state index in [0.717, 1.165) is 18.5 Å². The first-order valence-electron chi connectivity index (χ1n) is 6.15. The Kier molecular flexibility index (Phi) is 4.98. The van der Waals surface area contributed by atoms with Crippen LogP contribution >= 0.6 is 23.4 Å². The molecule has 0 aliphatic carbocycles. The largest absolute Gasteiger partial charge is 0.301 e. The topological polar surface area (TPSA) is 62.8 Å². The Labute approximate surface area is 125 Å². The van der Waals surface area contributed by atoms with Crippen molar-refractivity contribution in [3.8, 4) is 0 Å². The van der Waals surface area contributed by atoms with Crippen molar-refractivity contribution in [2.24, 2.45) is 0 Å². The van der Waals surface area contributed by atoms with Crippen molar-refractivity contribution in [2.75, 3.05) is 0 Å². The molecular weight excluding hydrogens is 296 g/mol. The van der Waals surface area contributed by atoms with Crippen LogP contribution in [0, 0.1) is 0 Å². The first kappa shape index (κ1) is 14.8. The summed E-state index contributed by atoms with van der Waals surface area (Å²) in [4.78, 5) is 30.4. The smallest absolute Gasteiger partial charge is 0.251 e. The van der Waals surface area contributed by atoms with E-state index in [0.29, 0.717) is 26.9 Å². The molecule has 2 rings (SSSR count). The Morgan fingerprint density at radius 1 is 1.45 bits per heavy atom. The molecule has 1 heterocycles. The molecule has 0 atom stereocenters. The van der Waals surface area contributed by atoms with Crippen LogP contribution in [0.3, 0.4) is 0 Å². The lowest BCUT2D eigenvalue weighted by molar-refractivity contribution is 0.112. The number of aromatic amines is 1. The average Bonchev–Trinajstić information content (AvgIpc) is 2.38. The summed E-state index contributed by atoms with van der Waals surface area (Å²) in [6, 6.07) is 6.67. The number of nitrogens with one attached hydrogen (secondary N) is 1. The third kappa shape index (κ3) is 3.49. The van der Waals surface area contributed by atoms with Crippen LogP contribution in [-0.2, 0) is 6.42 Å². The Balaban J connectivity index is 2.37. The summed E-state index contributed by atoms with van der Waals surface area (Å²) in [6.07, 6.45) is 2.36. The molecule has 0 spiro atoms. The number of H-pyrrole nitrogens is 1. The van der Waals surface area contributed by atoms with Gasteiger partial charge in [0.15, 0.2) is 11.4 Å². The predicted molar refractivity (Wildman–Crippen MR) is 79.8 cm³/mol. The van der Waals surface area contributed by atoms with Crippen LogP contribution in [0.1, 0.15) is 29.4 Å². The molecule has 1 N–H and O–H groups in total. The highest BCUT2D eigenvalue weighted by Crippen LogP contribution is 2.30. The van der Waals surface area contributed by atoms with Gasteiger partial charge in [-0.3, -0.25) is 9.59 Å². The van der Waals surface area contributed by atoms with Crippen molar-refractivity contribution in [1.29, 1.82) is 0 Å². The van der Waals surface area contributed by atoms with Crippen molar-refractivity contribution < 1.29 is 4.79 Å². The van der Waals surface area contributed by atoms with Crippen molar-refractivity contribution >= 4 is 29.6 Å². The molecular formula is C14H13ClN2O2S. The molecule has 1 aromatic carbocycles. The first-order valence-corrected chi connectivity index (χ1v) is 7.35. The maximum absolute atomic E-state index is 11.6. The Bertz CT molecular complexity index is 685. The van der Waals surface area contributed by atoms with Gasteiger partial charge in [0.25, 0.3) is 5.56 Å². The number of benzene rings is 1. The fourth-order valence-electron chi connectivity index (χ4n) is 1.74. The van der Waals surface area contributed by atoms with Gasteiger partial charge in [0.2, 0.25) is 0 Å². The highest BCUT2D eigenvalue weighted by molar-refractivity contribution is 7.99. The molecule has 104 valence electrons. The van der Waals surface area contributed by atoms with E-state index in [1.54, 1.807) is 18.2 Å². The van der Waals surface area contributed by atoms with E-state index >= 15 is 0 Å². The standard InChI is InChI=1S/C14H13ClN2O2S/c1-2-4-9-7-13(19)17-14(16-9)20-12-6-3-5-11(15)10(12)8-18/h3,5-8H,2,4H2,1H3,(H,16,17,19). The van der Waals surface area contributed by atoms with Crippen LogP contribution in [0.4, 0.5) is 0 Å². The van der Waals surface area contributed by atoms with Gasteiger partial charge in [-0.1, -0.05) is 42.8 Å². The van der Waals surface area contributed by atoms with E-state index in [4.69, 9.17) is 11.6 Å². The predicted octanol–water partition coefficient (Wildman–Crippen LogP) is 3.34. The molecule has 6 heteroatoms. The van der Waals surface area contributed by atoms with Gasteiger partial charge in [-0.05, 0) is 18.6 Å². The SMILES string of the molecule is CCCc1cc(=O)[nH]c(Sc2cccc(Cl)c2C=O)n1. The second-order valence-corrected chi connectivity index (χ2v) is 5.60. The highest BCUT2D eigenvalue weighted by atomic mass is 35.5. The van der Waals surface area contributed by atoms with E-state index < -0.39 is 0 Å². The number of rotatable bonds is 5. The van der Waals surface area contributed by atoms with Crippen LogP contribution in [0.5, 0.6) is 0 Å². The molecule has 0 aliphatic heterocycles. The molecule has 0 bridgehead atoms. The first-order chi connectivity index (χ1) is 9.63. The lowest BCUT2D eigenvalue weighted by Crippen LogP contribution is -2.10. The van der Waals surface area contributed by atoms with E-state index in [1.807, 2.05) is 6.92 Å². The van der Waals surface area contributed by atoms with Gasteiger partial charge in [0.05, 0.1) is 5.02 Å². The molecule has 1 aromatic heterocycles. The van der Waals surface area contributed by atoms with Gasteiger partial charge in [0.1, 0.15) is 0 Å². The number of carbonyl (C=O) groups is 1. The summed E-state index contributed by atoms with van der Waals surface area (Å²) in [5.74, 6) is 0. The maximum Gasteiger partial charge on any atom is 0.251 e. The number of halogens is 1. The molecule has 4 nitrogen and oxygen atoms in total. The van der Waals surface area contributed by atoms with Gasteiger partial charge in [-0.15, -0.1) is 0 Å². The zero-order chi connectivity index (χ0) is 14.5. The highest BCUT2D eigenvalue weighted by Gasteiger charge is 2.10. The van der Waals surface area contributed by atoms with Gasteiger partial charge in [-0.25, -0.2) is 4.98 Å². The Hall–Kier alpha value is -1.59. The van der Waals surface area contributed by atoms with Crippen LogP contribution in [0.25, 0.3) is 0 Å². The summed E-state index contributed by atoms with van der Waals surface area (Å²) in [7, 11) is 0. The van der Waals surface area contributed by atoms with Crippen molar-refractivity contribution in [2.45, 2.75) is 29.8 Å². The maximum atomic E-state index is 11.6. The van der Waals surface area contributed by atoms with E-state index in [1.165, 1.54) is 17.8 Å². The van der Waals surface area contributed by atoms with Crippen LogP contribution in [0.15, 0.2) is 39.1 Å². The summed E-state index contributed by atoms with van der Waals surface area (Å²) in [5.41, 5.74) is 0.955. The molecule has 0 aliphatic rings. The number of carbonyl (C=O) groups excluding carboxylic acids is 1. The summed E-state index contributed by atoms with van der Waals surface area (Å²) >= 11 is 7.20. The van der Waals surface area contributed by atoms with Crippen molar-refractivity contribution in [1.82, 2.24) is 9.97 Å². The lowest BCUT2D eigenvalue weighted by Gasteiger charge is -2.06. The third-order valence-electron chi connectivity index (χ3n) is 2.62. The zero-order valence-electron chi connectivity index (χ0n) is 10.9. The van der Waals surface area contributed by atoms with Gasteiger partial charge in [-0.2, -0.15) is 0 Å². The minimum absolute atomic E-state index is 0.194. The van der Waals surface area contributed by atoms with Crippen LogP contribution in [-0.4, -0.2) is 16.3 Å². The van der Waals surface area contributed by atoms with Crippen LogP contribution in [0.2, 0.25) is 5.02 Å². The Morgan fingerprint density at radius 3 is 2.95 bits per heavy atom. The molecule has 2 aromatic rings. The second-order valence-electron chi connectivity index (χ2n) is 4.16. The Morgan fingerprint density at radius 2 is 2.25 bits per heavy atom. The van der Waals surface area contributed by atoms with Crippen molar-refractivity contribution in [3.63, 3.8) is 0 Å². The molecule has 0 radical (unpaired) electrons. The zero-order valence-corrected chi connectivity index (χ0v) is 12.4. The summed E-state index contributed by atoms with van der Waals surface area (Å²) in [6.45, 7) is 2.02. The molecule has 0 unspecified atom stereocenters. The van der Waals surface area contributed by atoms with Crippen molar-refractivity contribution in [3.05, 3.63) is 50.9 Å². The quantitative estimate of drug-likeness (QED) is 0.679. The van der Waals surface area contributed by atoms with E-state index in [9.17, 15) is 9.59 Å². The second kappa shape index (κ2) is 6.72. The third-order valence-corrected chi connectivity index (χ3v) is 3.91.